The average Bonchev–Trinajstić information content (AvgIpc) is 3.25. The molecular weight excluding hydrogens is 390 g/mol. The number of carbonyl (C=O) groups excluding carboxylic acids is 2. The van der Waals surface area contributed by atoms with Crippen molar-refractivity contribution in [3.05, 3.63) is 96.1 Å². The quantitative estimate of drug-likeness (QED) is 0.617. The molecule has 0 aliphatic carbocycles. The molecule has 0 bridgehead atoms. The highest BCUT2D eigenvalue weighted by atomic mass is 19.1. The minimum absolute atomic E-state index is 0.126. The Balaban J connectivity index is 1.61. The molecule has 0 radical (unpaired) electrons. The third kappa shape index (κ3) is 2.78. The van der Waals surface area contributed by atoms with Gasteiger partial charge in [-0.3, -0.25) is 14.4 Å². The van der Waals surface area contributed by atoms with E-state index in [1.807, 2.05) is 6.07 Å². The van der Waals surface area contributed by atoms with Gasteiger partial charge >= 0.3 is 0 Å². The summed E-state index contributed by atoms with van der Waals surface area (Å²) < 4.78 is 28.4. The molecular formula is C23H16F2N2O3. The van der Waals surface area contributed by atoms with Crippen molar-refractivity contribution < 1.29 is 23.2 Å². The Labute approximate surface area is 171 Å². The third-order valence-electron chi connectivity index (χ3n) is 5.42. The summed E-state index contributed by atoms with van der Waals surface area (Å²) in [6, 6.07) is 19.4. The van der Waals surface area contributed by atoms with Crippen LogP contribution in [0.1, 0.15) is 11.6 Å². The van der Waals surface area contributed by atoms with E-state index >= 15 is 0 Å². The first kappa shape index (κ1) is 18.4. The predicted octanol–water partition coefficient (Wildman–Crippen LogP) is 4.02. The number of imide groups is 1. The van der Waals surface area contributed by atoms with Gasteiger partial charge in [0.25, 0.3) is 5.91 Å². The zero-order chi connectivity index (χ0) is 20.8. The molecule has 2 aliphatic heterocycles. The Morgan fingerprint density at radius 2 is 1.47 bits per heavy atom. The van der Waals surface area contributed by atoms with Gasteiger partial charge in [0.1, 0.15) is 17.6 Å². The first-order valence-electron chi connectivity index (χ1n) is 9.45. The first-order chi connectivity index (χ1) is 14.6. The highest BCUT2D eigenvalue weighted by Gasteiger charge is 2.60. The van der Waals surface area contributed by atoms with Gasteiger partial charge < -0.3 is 0 Å². The van der Waals surface area contributed by atoms with E-state index in [-0.39, 0.29) is 11.3 Å². The SMILES string of the molecule is O=C1[C@H]2[C@@H](c3ccccc3F)N(c3ccccc3)O[C@H]2C(=O)N1c1cccc(F)c1. The van der Waals surface area contributed by atoms with Crippen LogP contribution in [0.3, 0.4) is 0 Å². The van der Waals surface area contributed by atoms with Crippen LogP contribution in [0, 0.1) is 17.6 Å². The number of rotatable bonds is 3. The number of para-hydroxylation sites is 1. The number of halogens is 2. The molecule has 0 saturated carbocycles. The summed E-state index contributed by atoms with van der Waals surface area (Å²) in [5.41, 5.74) is 0.968. The summed E-state index contributed by atoms with van der Waals surface area (Å²) in [5.74, 6) is -3.20. The van der Waals surface area contributed by atoms with Crippen LogP contribution in [-0.4, -0.2) is 17.9 Å². The lowest BCUT2D eigenvalue weighted by atomic mass is 9.90. The van der Waals surface area contributed by atoms with E-state index in [0.717, 1.165) is 11.0 Å². The largest absolute Gasteiger partial charge is 0.273 e. The average molecular weight is 406 g/mol. The molecule has 3 aromatic rings. The standard InChI is InChI=1S/C23H16F2N2O3/c24-14-7-6-10-16(13-14)26-22(28)19-20(17-11-4-5-12-18(17)25)27(30-21(19)23(26)29)15-8-2-1-3-9-15/h1-13,19-21H/t19-,20+,21+/m0/s1. The van der Waals surface area contributed by atoms with Gasteiger partial charge in [-0.2, -0.15) is 0 Å². The van der Waals surface area contributed by atoms with Crippen LogP contribution in [0.25, 0.3) is 0 Å². The second-order valence-corrected chi connectivity index (χ2v) is 7.17. The van der Waals surface area contributed by atoms with Crippen molar-refractivity contribution in [2.45, 2.75) is 12.1 Å². The van der Waals surface area contributed by atoms with E-state index in [2.05, 4.69) is 0 Å². The number of hydrogen-bond donors (Lipinski definition) is 0. The molecule has 0 aromatic heterocycles. The van der Waals surface area contributed by atoms with E-state index in [1.165, 1.54) is 29.3 Å². The molecule has 2 heterocycles. The minimum atomic E-state index is -1.13. The summed E-state index contributed by atoms with van der Waals surface area (Å²) in [4.78, 5) is 33.3. The third-order valence-corrected chi connectivity index (χ3v) is 5.42. The van der Waals surface area contributed by atoms with Gasteiger partial charge in [0.05, 0.1) is 17.4 Å². The molecule has 2 amide bonds. The second kappa shape index (κ2) is 7.03. The Hall–Kier alpha value is -3.58. The number of carbonyl (C=O) groups is 2. The Morgan fingerprint density at radius 1 is 0.767 bits per heavy atom. The van der Waals surface area contributed by atoms with Crippen LogP contribution < -0.4 is 9.96 Å². The van der Waals surface area contributed by atoms with Crippen molar-refractivity contribution in [3.8, 4) is 0 Å². The smallest absolute Gasteiger partial charge is 0.266 e. The lowest BCUT2D eigenvalue weighted by Gasteiger charge is -2.29. The molecule has 3 atom stereocenters. The first-order valence-corrected chi connectivity index (χ1v) is 9.45. The molecule has 2 aliphatic rings. The highest BCUT2D eigenvalue weighted by Crippen LogP contribution is 2.48. The number of hydroxylamine groups is 1. The van der Waals surface area contributed by atoms with Gasteiger partial charge in [0.15, 0.2) is 6.10 Å². The van der Waals surface area contributed by atoms with Crippen LogP contribution in [0.4, 0.5) is 20.2 Å². The topological polar surface area (TPSA) is 49.9 Å². The summed E-state index contributed by atoms with van der Waals surface area (Å²) in [6.07, 6.45) is -1.13. The van der Waals surface area contributed by atoms with Crippen LogP contribution in [0.5, 0.6) is 0 Å². The van der Waals surface area contributed by atoms with Gasteiger partial charge in [-0.1, -0.05) is 42.5 Å². The molecule has 2 saturated heterocycles. The number of anilines is 2. The van der Waals surface area contributed by atoms with Crippen molar-refractivity contribution in [1.82, 2.24) is 0 Å². The maximum atomic E-state index is 14.7. The van der Waals surface area contributed by atoms with Crippen molar-refractivity contribution in [2.75, 3.05) is 9.96 Å². The van der Waals surface area contributed by atoms with Gasteiger partial charge in [-0.15, -0.1) is 0 Å². The fourth-order valence-corrected chi connectivity index (χ4v) is 4.11. The van der Waals surface area contributed by atoms with E-state index < -0.39 is 41.5 Å². The van der Waals surface area contributed by atoms with Gasteiger partial charge in [-0.25, -0.2) is 18.7 Å². The van der Waals surface area contributed by atoms with E-state index in [0.29, 0.717) is 5.69 Å². The number of hydrogen-bond acceptors (Lipinski definition) is 4. The van der Waals surface area contributed by atoms with Crippen molar-refractivity contribution in [1.29, 1.82) is 0 Å². The zero-order valence-electron chi connectivity index (χ0n) is 15.6. The molecule has 5 rings (SSSR count). The number of nitrogens with zero attached hydrogens (tertiary/aromatic N) is 2. The molecule has 3 aromatic carbocycles. The Morgan fingerprint density at radius 3 is 2.20 bits per heavy atom. The number of benzene rings is 3. The lowest BCUT2D eigenvalue weighted by Crippen LogP contribution is -2.37. The van der Waals surface area contributed by atoms with Crippen LogP contribution in [0.2, 0.25) is 0 Å². The molecule has 7 heteroatoms. The molecule has 0 spiro atoms. The maximum Gasteiger partial charge on any atom is 0.266 e. The Bertz CT molecular complexity index is 1140. The second-order valence-electron chi connectivity index (χ2n) is 7.17. The minimum Gasteiger partial charge on any atom is -0.273 e. The molecule has 0 unspecified atom stereocenters. The Kier molecular flexibility index (Phi) is 4.33. The summed E-state index contributed by atoms with van der Waals surface area (Å²) in [5, 5.41) is 1.42. The van der Waals surface area contributed by atoms with Gasteiger partial charge in [0, 0.05) is 5.56 Å². The van der Waals surface area contributed by atoms with Gasteiger partial charge in [0.2, 0.25) is 5.91 Å². The van der Waals surface area contributed by atoms with Crippen molar-refractivity contribution in [2.24, 2.45) is 5.92 Å². The maximum absolute atomic E-state index is 14.7. The van der Waals surface area contributed by atoms with Crippen molar-refractivity contribution >= 4 is 23.2 Å². The van der Waals surface area contributed by atoms with E-state index in [1.54, 1.807) is 42.5 Å². The zero-order valence-corrected chi connectivity index (χ0v) is 15.6. The number of fused-ring (bicyclic) bond motifs is 1. The summed E-state index contributed by atoms with van der Waals surface area (Å²) >= 11 is 0. The summed E-state index contributed by atoms with van der Waals surface area (Å²) in [6.45, 7) is 0. The van der Waals surface area contributed by atoms with Gasteiger partial charge in [-0.05, 0) is 36.4 Å². The number of amides is 2. The fraction of sp³-hybridized carbons (Fsp3) is 0.130. The monoisotopic (exact) mass is 406 g/mol. The fourth-order valence-electron chi connectivity index (χ4n) is 4.11. The molecule has 2 fully saturated rings. The molecule has 150 valence electrons. The summed E-state index contributed by atoms with van der Waals surface area (Å²) in [7, 11) is 0. The normalized spacial score (nSPS) is 23.2. The predicted molar refractivity (Wildman–Crippen MR) is 105 cm³/mol. The highest BCUT2D eigenvalue weighted by molar-refractivity contribution is 6.23. The van der Waals surface area contributed by atoms with Crippen LogP contribution in [-0.2, 0) is 14.4 Å². The molecule has 5 nitrogen and oxygen atoms in total. The van der Waals surface area contributed by atoms with E-state index in [9.17, 15) is 18.4 Å². The lowest BCUT2D eigenvalue weighted by molar-refractivity contribution is -0.126. The van der Waals surface area contributed by atoms with Crippen LogP contribution in [0.15, 0.2) is 78.9 Å². The van der Waals surface area contributed by atoms with E-state index in [4.69, 9.17) is 4.84 Å². The van der Waals surface area contributed by atoms with Crippen LogP contribution >= 0.6 is 0 Å². The molecule has 30 heavy (non-hydrogen) atoms. The molecule has 0 N–H and O–H groups in total. The van der Waals surface area contributed by atoms with Crippen molar-refractivity contribution in [3.63, 3.8) is 0 Å².